The van der Waals surface area contributed by atoms with Crippen LogP contribution in [0.5, 0.6) is 0 Å². The first kappa shape index (κ1) is 20.9. The Hall–Kier alpha value is -2.80. The predicted molar refractivity (Wildman–Crippen MR) is 102 cm³/mol. The minimum atomic E-state index is -4.58. The number of aryl methyl sites for hydroxylation is 1. The molecular weight excluding hydrogens is 403 g/mol. The molecule has 3 aromatic rings. The highest BCUT2D eigenvalue weighted by molar-refractivity contribution is 7.85. The van der Waals surface area contributed by atoms with Crippen LogP contribution in [-0.2, 0) is 29.4 Å². The summed E-state index contributed by atoms with van der Waals surface area (Å²) in [4.78, 5) is 12.6. The lowest BCUT2D eigenvalue weighted by Crippen LogP contribution is -2.16. The SMILES string of the molecule is CC[S@](=O)c1cc(C(C)(C)C#N)cnc1-c1nc2cc(C(F)(F)F)ncc2n1C. The smallest absolute Gasteiger partial charge is 0.325 e. The van der Waals surface area contributed by atoms with Crippen molar-refractivity contribution in [2.75, 3.05) is 5.75 Å². The van der Waals surface area contributed by atoms with Crippen LogP contribution in [-0.4, -0.2) is 29.5 Å². The topological polar surface area (TPSA) is 84.5 Å². The van der Waals surface area contributed by atoms with E-state index in [0.717, 1.165) is 12.3 Å². The molecule has 3 rings (SSSR count). The van der Waals surface area contributed by atoms with E-state index in [1.54, 1.807) is 38.5 Å². The Morgan fingerprint density at radius 3 is 2.48 bits per heavy atom. The van der Waals surface area contributed by atoms with E-state index in [1.165, 1.54) is 6.20 Å². The third-order valence-electron chi connectivity index (χ3n) is 4.63. The number of fused-ring (bicyclic) bond motifs is 1. The van der Waals surface area contributed by atoms with Crippen molar-refractivity contribution in [1.82, 2.24) is 19.5 Å². The van der Waals surface area contributed by atoms with Crippen molar-refractivity contribution < 1.29 is 17.4 Å². The minimum Gasteiger partial charge on any atom is -0.325 e. The molecule has 0 N–H and O–H groups in total. The maximum atomic E-state index is 13.0. The molecule has 0 aliphatic carbocycles. The molecule has 0 amide bonds. The van der Waals surface area contributed by atoms with Gasteiger partial charge in [0.15, 0.2) is 5.82 Å². The molecule has 3 heterocycles. The van der Waals surface area contributed by atoms with Crippen molar-refractivity contribution >= 4 is 21.8 Å². The summed E-state index contributed by atoms with van der Waals surface area (Å²) in [5.41, 5.74) is -0.470. The summed E-state index contributed by atoms with van der Waals surface area (Å²) in [7, 11) is 0.213. The van der Waals surface area contributed by atoms with Gasteiger partial charge in [0.2, 0.25) is 0 Å². The van der Waals surface area contributed by atoms with Crippen molar-refractivity contribution in [3.05, 3.63) is 35.8 Å². The van der Waals surface area contributed by atoms with Gasteiger partial charge in [0.05, 0.1) is 44.4 Å². The van der Waals surface area contributed by atoms with E-state index >= 15 is 0 Å². The van der Waals surface area contributed by atoms with E-state index in [0.29, 0.717) is 27.4 Å². The van der Waals surface area contributed by atoms with Crippen LogP contribution in [0.3, 0.4) is 0 Å². The second kappa shape index (κ2) is 7.22. The van der Waals surface area contributed by atoms with Gasteiger partial charge >= 0.3 is 6.18 Å². The molecule has 0 aliphatic rings. The minimum absolute atomic E-state index is 0.112. The molecule has 0 saturated heterocycles. The van der Waals surface area contributed by atoms with Crippen molar-refractivity contribution in [3.63, 3.8) is 0 Å². The lowest BCUT2D eigenvalue weighted by atomic mass is 9.87. The van der Waals surface area contributed by atoms with Gasteiger partial charge in [-0.15, -0.1) is 0 Å². The third-order valence-corrected chi connectivity index (χ3v) is 5.96. The number of hydrogen-bond donors (Lipinski definition) is 0. The molecular formula is C19H18F3N5OS. The molecule has 152 valence electrons. The number of nitriles is 1. The van der Waals surface area contributed by atoms with E-state index in [-0.39, 0.29) is 11.3 Å². The van der Waals surface area contributed by atoms with Crippen molar-refractivity contribution in [2.24, 2.45) is 7.05 Å². The van der Waals surface area contributed by atoms with Crippen LogP contribution in [0.2, 0.25) is 0 Å². The van der Waals surface area contributed by atoms with Gasteiger partial charge in [-0.25, -0.2) is 9.97 Å². The Labute approximate surface area is 167 Å². The molecule has 6 nitrogen and oxygen atoms in total. The number of halogens is 3. The second-order valence-electron chi connectivity index (χ2n) is 6.99. The zero-order valence-electron chi connectivity index (χ0n) is 16.2. The molecule has 0 unspecified atom stereocenters. The van der Waals surface area contributed by atoms with Gasteiger partial charge in [-0.2, -0.15) is 18.4 Å². The molecule has 0 bridgehead atoms. The number of hydrogen-bond acceptors (Lipinski definition) is 5. The largest absolute Gasteiger partial charge is 0.433 e. The van der Waals surface area contributed by atoms with Crippen LogP contribution in [0.25, 0.3) is 22.6 Å². The predicted octanol–water partition coefficient (Wildman–Crippen LogP) is 3.98. The molecule has 0 aliphatic heterocycles. The van der Waals surface area contributed by atoms with Crippen LogP contribution < -0.4 is 0 Å². The van der Waals surface area contributed by atoms with Crippen molar-refractivity contribution in [2.45, 2.75) is 37.3 Å². The molecule has 3 aromatic heterocycles. The van der Waals surface area contributed by atoms with Gasteiger partial charge < -0.3 is 4.57 Å². The van der Waals surface area contributed by atoms with E-state index < -0.39 is 28.1 Å². The molecule has 0 radical (unpaired) electrons. The van der Waals surface area contributed by atoms with Gasteiger partial charge in [0.25, 0.3) is 0 Å². The van der Waals surface area contributed by atoms with E-state index in [2.05, 4.69) is 21.0 Å². The Morgan fingerprint density at radius 1 is 1.21 bits per heavy atom. The molecule has 10 heteroatoms. The number of rotatable bonds is 4. The highest BCUT2D eigenvalue weighted by atomic mass is 32.2. The van der Waals surface area contributed by atoms with Crippen LogP contribution in [0.15, 0.2) is 29.4 Å². The quantitative estimate of drug-likeness (QED) is 0.636. The van der Waals surface area contributed by atoms with Crippen molar-refractivity contribution in [3.8, 4) is 17.6 Å². The maximum absolute atomic E-state index is 13.0. The standard InChI is InChI=1S/C19H18F3N5OS/c1-5-29(28)14-6-11(18(2,3)10-23)8-25-16(14)17-26-12-7-15(19(20,21)22)24-9-13(12)27(17)4/h6-9H,5H2,1-4H3/t29-/m0/s1. The average molecular weight is 421 g/mol. The fraction of sp³-hybridized carbons (Fsp3) is 0.368. The van der Waals surface area contributed by atoms with Crippen LogP contribution >= 0.6 is 0 Å². The molecule has 0 saturated carbocycles. The summed E-state index contributed by atoms with van der Waals surface area (Å²) in [5, 5.41) is 9.38. The van der Waals surface area contributed by atoms with Crippen molar-refractivity contribution in [1.29, 1.82) is 5.26 Å². The first-order valence-electron chi connectivity index (χ1n) is 8.69. The molecule has 0 spiro atoms. The van der Waals surface area contributed by atoms with E-state index in [9.17, 15) is 22.6 Å². The summed E-state index contributed by atoms with van der Waals surface area (Å²) >= 11 is 0. The third kappa shape index (κ3) is 3.74. The Kier molecular flexibility index (Phi) is 5.21. The zero-order chi connectivity index (χ0) is 21.6. The summed E-state index contributed by atoms with van der Waals surface area (Å²) in [6.07, 6.45) is -1.96. The maximum Gasteiger partial charge on any atom is 0.433 e. The fourth-order valence-corrected chi connectivity index (χ4v) is 3.73. The highest BCUT2D eigenvalue weighted by Crippen LogP contribution is 2.33. The fourth-order valence-electron chi connectivity index (χ4n) is 2.80. The Balaban J connectivity index is 2.24. The molecule has 1 atom stereocenters. The Bertz CT molecular complexity index is 1160. The number of imidazole rings is 1. The lowest BCUT2D eigenvalue weighted by molar-refractivity contribution is -0.141. The van der Waals surface area contributed by atoms with Gasteiger partial charge in [-0.3, -0.25) is 9.19 Å². The number of pyridine rings is 2. The summed E-state index contributed by atoms with van der Waals surface area (Å²) in [6, 6.07) is 4.71. The first-order chi connectivity index (χ1) is 13.5. The normalized spacial score (nSPS) is 13.4. The zero-order valence-corrected chi connectivity index (χ0v) is 17.0. The number of alkyl halides is 3. The van der Waals surface area contributed by atoms with Gasteiger partial charge in [0, 0.05) is 19.0 Å². The Morgan fingerprint density at radius 2 is 1.90 bits per heavy atom. The van der Waals surface area contributed by atoms with Gasteiger partial charge in [-0.05, 0) is 31.5 Å². The lowest BCUT2D eigenvalue weighted by Gasteiger charge is -2.17. The van der Waals surface area contributed by atoms with E-state index in [4.69, 9.17) is 0 Å². The average Bonchev–Trinajstić information content (AvgIpc) is 3.02. The summed E-state index contributed by atoms with van der Waals surface area (Å²) in [6.45, 7) is 5.19. The number of aromatic nitrogens is 4. The highest BCUT2D eigenvalue weighted by Gasteiger charge is 2.33. The second-order valence-corrected chi connectivity index (χ2v) is 8.70. The summed E-state index contributed by atoms with van der Waals surface area (Å²) in [5.74, 6) is 0.591. The van der Waals surface area contributed by atoms with E-state index in [1.807, 2.05) is 0 Å². The number of nitrogens with zero attached hydrogens (tertiary/aromatic N) is 5. The molecule has 0 aromatic carbocycles. The van der Waals surface area contributed by atoms with Gasteiger partial charge in [-0.1, -0.05) is 6.92 Å². The van der Waals surface area contributed by atoms with Crippen LogP contribution in [0, 0.1) is 11.3 Å². The van der Waals surface area contributed by atoms with Crippen LogP contribution in [0.1, 0.15) is 32.0 Å². The van der Waals surface area contributed by atoms with Gasteiger partial charge in [0.1, 0.15) is 11.4 Å². The van der Waals surface area contributed by atoms with Crippen LogP contribution in [0.4, 0.5) is 13.2 Å². The summed E-state index contributed by atoms with van der Waals surface area (Å²) < 4.78 is 53.2. The molecule has 29 heavy (non-hydrogen) atoms. The first-order valence-corrected chi connectivity index (χ1v) is 10.0. The monoisotopic (exact) mass is 421 g/mol. The molecule has 0 fully saturated rings.